The molecule has 0 unspecified atom stereocenters. The first-order valence-electron chi connectivity index (χ1n) is 14.1. The number of pyridine rings is 1. The van der Waals surface area contributed by atoms with Crippen LogP contribution >= 0.6 is 0 Å². The normalized spacial score (nSPS) is 19.0. The fourth-order valence-electron chi connectivity index (χ4n) is 5.08. The van der Waals surface area contributed by atoms with Gasteiger partial charge in [-0.1, -0.05) is 6.07 Å². The summed E-state index contributed by atoms with van der Waals surface area (Å²) < 4.78 is 111. The van der Waals surface area contributed by atoms with Gasteiger partial charge in [0.15, 0.2) is 12.3 Å². The average molecular weight is 649 g/mol. The summed E-state index contributed by atoms with van der Waals surface area (Å²) in [4.78, 5) is 35.9. The Morgan fingerprint density at radius 3 is 2.31 bits per heavy atom. The van der Waals surface area contributed by atoms with Gasteiger partial charge in [0.25, 0.3) is 12.3 Å². The zero-order chi connectivity index (χ0) is 32.5. The number of aromatic nitrogens is 3. The number of amides is 2. The standard InChI is InChI=1S/C28H28F8N6O3/c29-21(30)12-45-25-17(24(44)38-16-6-4-15(5-7-16)27(31,32)33)10-20-22(41-25)42-26(40-20)39-19-9-13(1-8-18(19)28(34,35)36)11-37-23(43)14-2-3-14/h1,8-10,14-16,21H,2-7,11-12H2,(H,37,43)(H,38,44)(H2,39,40,41,42). The Bertz CT molecular complexity index is 1550. The van der Waals surface area contributed by atoms with Crippen LogP contribution in [0.5, 0.6) is 5.88 Å². The van der Waals surface area contributed by atoms with Gasteiger partial charge in [-0.05, 0) is 62.3 Å². The lowest BCUT2D eigenvalue weighted by molar-refractivity contribution is -0.182. The van der Waals surface area contributed by atoms with Gasteiger partial charge in [0, 0.05) is 18.5 Å². The summed E-state index contributed by atoms with van der Waals surface area (Å²) in [5.74, 6) is -3.36. The second-order valence-corrected chi connectivity index (χ2v) is 11.1. The number of hydrogen-bond donors (Lipinski definition) is 4. The van der Waals surface area contributed by atoms with Crippen molar-refractivity contribution in [3.8, 4) is 5.88 Å². The molecular formula is C28H28F8N6O3. The average Bonchev–Trinajstić information content (AvgIpc) is 3.74. The van der Waals surface area contributed by atoms with Gasteiger partial charge >= 0.3 is 12.4 Å². The van der Waals surface area contributed by atoms with Gasteiger partial charge < -0.3 is 25.7 Å². The third kappa shape index (κ3) is 8.11. The fraction of sp³-hybridized carbons (Fsp3) is 0.500. The molecule has 5 rings (SSSR count). The van der Waals surface area contributed by atoms with E-state index in [4.69, 9.17) is 4.74 Å². The summed E-state index contributed by atoms with van der Waals surface area (Å²) in [6.45, 7) is -1.14. The van der Waals surface area contributed by atoms with Gasteiger partial charge in [-0.15, -0.1) is 0 Å². The topological polar surface area (TPSA) is 121 Å². The number of rotatable bonds is 10. The molecule has 0 atom stereocenters. The van der Waals surface area contributed by atoms with E-state index in [0.717, 1.165) is 25.0 Å². The quantitative estimate of drug-likeness (QED) is 0.193. The minimum absolute atomic E-state index is 0.00893. The van der Waals surface area contributed by atoms with Crippen LogP contribution in [-0.4, -0.2) is 52.0 Å². The second kappa shape index (κ2) is 12.7. The lowest BCUT2D eigenvalue weighted by Gasteiger charge is -2.30. The van der Waals surface area contributed by atoms with Crippen molar-refractivity contribution in [3.63, 3.8) is 0 Å². The van der Waals surface area contributed by atoms with Crippen LogP contribution in [0.2, 0.25) is 0 Å². The summed E-state index contributed by atoms with van der Waals surface area (Å²) >= 11 is 0. The molecule has 2 fully saturated rings. The number of alkyl halides is 8. The fourth-order valence-corrected chi connectivity index (χ4v) is 5.08. The zero-order valence-corrected chi connectivity index (χ0v) is 23.4. The van der Waals surface area contributed by atoms with Crippen molar-refractivity contribution < 1.29 is 49.4 Å². The number of halogens is 8. The number of anilines is 2. The molecule has 0 spiro atoms. The second-order valence-electron chi connectivity index (χ2n) is 11.1. The summed E-state index contributed by atoms with van der Waals surface area (Å²) in [5, 5.41) is 7.80. The van der Waals surface area contributed by atoms with Crippen LogP contribution < -0.4 is 20.7 Å². The first kappa shape index (κ1) is 32.2. The van der Waals surface area contributed by atoms with Crippen LogP contribution in [0.25, 0.3) is 11.2 Å². The third-order valence-electron chi connectivity index (χ3n) is 7.61. The third-order valence-corrected chi connectivity index (χ3v) is 7.61. The predicted molar refractivity (Wildman–Crippen MR) is 144 cm³/mol. The molecule has 4 N–H and O–H groups in total. The molecule has 244 valence electrons. The summed E-state index contributed by atoms with van der Waals surface area (Å²) in [5.41, 5.74) is -1.53. The van der Waals surface area contributed by atoms with Crippen molar-refractivity contribution >= 4 is 34.6 Å². The van der Waals surface area contributed by atoms with Gasteiger partial charge in [0.2, 0.25) is 17.7 Å². The van der Waals surface area contributed by atoms with E-state index in [-0.39, 0.29) is 66.7 Å². The molecule has 2 heterocycles. The lowest BCUT2D eigenvalue weighted by Crippen LogP contribution is -2.40. The lowest BCUT2D eigenvalue weighted by atomic mass is 9.85. The Hall–Kier alpha value is -4.18. The number of imidazole rings is 1. The number of ether oxygens (including phenoxy) is 1. The van der Waals surface area contributed by atoms with Crippen molar-refractivity contribution in [3.05, 3.63) is 41.0 Å². The molecule has 2 saturated carbocycles. The van der Waals surface area contributed by atoms with Crippen LogP contribution in [-0.2, 0) is 17.5 Å². The highest BCUT2D eigenvalue weighted by Crippen LogP contribution is 2.39. The van der Waals surface area contributed by atoms with Gasteiger partial charge in [-0.25, -0.2) is 13.8 Å². The van der Waals surface area contributed by atoms with Crippen molar-refractivity contribution in [1.82, 2.24) is 25.6 Å². The maximum atomic E-state index is 13.8. The molecule has 2 aromatic heterocycles. The van der Waals surface area contributed by atoms with E-state index in [0.29, 0.717) is 5.56 Å². The van der Waals surface area contributed by atoms with E-state index in [1.54, 1.807) is 0 Å². The number of benzene rings is 1. The highest BCUT2D eigenvalue weighted by Gasteiger charge is 2.41. The van der Waals surface area contributed by atoms with Crippen LogP contribution in [0.3, 0.4) is 0 Å². The van der Waals surface area contributed by atoms with E-state index in [1.807, 2.05) is 0 Å². The van der Waals surface area contributed by atoms with Gasteiger partial charge in [0.05, 0.1) is 17.2 Å². The largest absolute Gasteiger partial charge is 0.471 e. The molecule has 17 heteroatoms. The molecule has 2 aliphatic rings. The zero-order valence-electron chi connectivity index (χ0n) is 23.4. The smallest absolute Gasteiger partial charge is 0.418 e. The Morgan fingerprint density at radius 2 is 1.69 bits per heavy atom. The minimum atomic E-state index is -4.76. The highest BCUT2D eigenvalue weighted by molar-refractivity contribution is 5.99. The molecule has 0 saturated heterocycles. The number of aromatic amines is 1. The molecular weight excluding hydrogens is 620 g/mol. The molecule has 1 aromatic carbocycles. The molecule has 0 radical (unpaired) electrons. The summed E-state index contributed by atoms with van der Waals surface area (Å²) in [6, 6.07) is 3.79. The molecule has 3 aromatic rings. The number of fused-ring (bicyclic) bond motifs is 1. The minimum Gasteiger partial charge on any atom is -0.471 e. The molecule has 0 bridgehead atoms. The molecule has 0 aliphatic heterocycles. The maximum absolute atomic E-state index is 13.8. The van der Waals surface area contributed by atoms with Gasteiger partial charge in [0.1, 0.15) is 11.1 Å². The van der Waals surface area contributed by atoms with Gasteiger partial charge in [-0.2, -0.15) is 31.3 Å². The number of H-pyrrole nitrogens is 1. The Kier molecular flexibility index (Phi) is 9.07. The van der Waals surface area contributed by atoms with E-state index >= 15 is 0 Å². The van der Waals surface area contributed by atoms with Crippen molar-refractivity contribution in [1.29, 1.82) is 0 Å². The molecule has 2 aliphatic carbocycles. The van der Waals surface area contributed by atoms with E-state index in [1.165, 1.54) is 12.1 Å². The van der Waals surface area contributed by atoms with E-state index in [2.05, 4.69) is 30.9 Å². The SMILES string of the molecule is O=C(NC1CCC(C(F)(F)F)CC1)c1cc2nc(Nc3cc(CNC(=O)C4CC4)ccc3C(F)(F)F)[nH]c2nc1OCC(F)F. The first-order valence-corrected chi connectivity index (χ1v) is 14.1. The van der Waals surface area contributed by atoms with Crippen LogP contribution in [0.1, 0.15) is 60.0 Å². The maximum Gasteiger partial charge on any atom is 0.418 e. The summed E-state index contributed by atoms with van der Waals surface area (Å²) in [7, 11) is 0. The number of nitrogens with zero attached hydrogens (tertiary/aromatic N) is 2. The number of nitrogens with one attached hydrogen (secondary N) is 4. The monoisotopic (exact) mass is 648 g/mol. The molecule has 2 amide bonds. The van der Waals surface area contributed by atoms with Gasteiger partial charge in [-0.3, -0.25) is 9.59 Å². The highest BCUT2D eigenvalue weighted by atomic mass is 19.4. The number of carbonyl (C=O) groups excluding carboxylic acids is 2. The Balaban J connectivity index is 1.38. The predicted octanol–water partition coefficient (Wildman–Crippen LogP) is 6.24. The van der Waals surface area contributed by atoms with E-state index in [9.17, 15) is 44.7 Å². The van der Waals surface area contributed by atoms with Crippen molar-refractivity contribution in [2.75, 3.05) is 11.9 Å². The van der Waals surface area contributed by atoms with Crippen LogP contribution in [0, 0.1) is 11.8 Å². The molecule has 9 nitrogen and oxygen atoms in total. The van der Waals surface area contributed by atoms with Crippen molar-refractivity contribution in [2.24, 2.45) is 11.8 Å². The van der Waals surface area contributed by atoms with Crippen LogP contribution in [0.4, 0.5) is 46.8 Å². The van der Waals surface area contributed by atoms with E-state index < -0.39 is 60.4 Å². The Labute approximate surface area is 250 Å². The van der Waals surface area contributed by atoms with Crippen LogP contribution in [0.15, 0.2) is 24.3 Å². The Morgan fingerprint density at radius 1 is 0.978 bits per heavy atom. The first-order chi connectivity index (χ1) is 21.2. The number of hydrogen-bond acceptors (Lipinski definition) is 6. The van der Waals surface area contributed by atoms with Crippen molar-refractivity contribution in [2.45, 2.75) is 69.9 Å². The summed E-state index contributed by atoms with van der Waals surface area (Å²) in [6.07, 6.45) is -10.8. The molecule has 45 heavy (non-hydrogen) atoms. The number of carbonyl (C=O) groups is 2.